The van der Waals surface area contributed by atoms with Gasteiger partial charge in [0.25, 0.3) is 0 Å². The molecule has 2 N–H and O–H groups in total. The molecule has 1 unspecified atom stereocenters. The van der Waals surface area contributed by atoms with Crippen molar-refractivity contribution >= 4 is 57.7 Å². The number of anilines is 1. The maximum atomic E-state index is 6.33. The molecule has 1 atom stereocenters. The van der Waals surface area contributed by atoms with Gasteiger partial charge in [-0.3, -0.25) is 9.89 Å². The third-order valence-electron chi connectivity index (χ3n) is 4.90. The highest BCUT2D eigenvalue weighted by Gasteiger charge is 2.21. The summed E-state index contributed by atoms with van der Waals surface area (Å²) in [5.41, 5.74) is 7.66. The van der Waals surface area contributed by atoms with Crippen LogP contribution in [0.5, 0.6) is 0 Å². The quantitative estimate of drug-likeness (QED) is 0.345. The zero-order valence-electron chi connectivity index (χ0n) is 16.0. The van der Waals surface area contributed by atoms with Crippen LogP contribution in [0.4, 0.5) is 5.13 Å². The number of thiophene rings is 1. The van der Waals surface area contributed by atoms with Crippen molar-refractivity contribution in [1.82, 2.24) is 14.8 Å². The summed E-state index contributed by atoms with van der Waals surface area (Å²) in [5, 5.41) is 7.48. The molecular weight excluding hydrogens is 491 g/mol. The second-order valence-corrected chi connectivity index (χ2v) is 7.93. The zero-order chi connectivity index (χ0) is 18.4. The van der Waals surface area contributed by atoms with Crippen LogP contribution in [0.3, 0.4) is 0 Å². The van der Waals surface area contributed by atoms with E-state index in [9.17, 15) is 0 Å². The van der Waals surface area contributed by atoms with Crippen molar-refractivity contribution in [2.24, 2.45) is 10.7 Å². The molecule has 0 aliphatic carbocycles. The molecule has 1 fully saturated rings. The normalized spacial score (nSPS) is 16.5. The molecule has 2 aromatic heterocycles. The number of aliphatic imine (C=N–C) groups is 1. The Hall–Kier alpha value is -0.910. The molecule has 6 nitrogen and oxygen atoms in total. The van der Waals surface area contributed by atoms with E-state index >= 15 is 0 Å². The topological polar surface area (TPSA) is 61.0 Å². The fourth-order valence-electron chi connectivity index (χ4n) is 3.34. The standard InChI is InChI=1S/C18H28N6S2.HI/c1-3-22(4-2)16(15-5-11-25-14-15)13-21-17(19)23-7-9-24(10-8-23)18-20-6-12-26-18;/h5-6,11-12,14,16H,3-4,7-10,13H2,1-2H3,(H2,19,21);1H. The van der Waals surface area contributed by atoms with Gasteiger partial charge in [-0.2, -0.15) is 11.3 Å². The fraction of sp³-hybridized carbons (Fsp3) is 0.556. The number of aromatic nitrogens is 1. The maximum absolute atomic E-state index is 6.33. The van der Waals surface area contributed by atoms with Gasteiger partial charge < -0.3 is 15.5 Å². The minimum atomic E-state index is 0. The first-order valence-electron chi connectivity index (χ1n) is 9.18. The van der Waals surface area contributed by atoms with E-state index in [-0.39, 0.29) is 24.0 Å². The van der Waals surface area contributed by atoms with Crippen LogP contribution in [0.15, 0.2) is 33.4 Å². The van der Waals surface area contributed by atoms with E-state index in [1.54, 1.807) is 22.7 Å². The fourth-order valence-corrected chi connectivity index (χ4v) is 4.74. The summed E-state index contributed by atoms with van der Waals surface area (Å²) in [6.45, 7) is 10.8. The first-order chi connectivity index (χ1) is 12.7. The summed E-state index contributed by atoms with van der Waals surface area (Å²) < 4.78 is 0. The minimum absolute atomic E-state index is 0. The van der Waals surface area contributed by atoms with Crippen molar-refractivity contribution in [3.63, 3.8) is 0 Å². The van der Waals surface area contributed by atoms with Gasteiger partial charge in [-0.05, 0) is 35.5 Å². The van der Waals surface area contributed by atoms with E-state index in [4.69, 9.17) is 10.7 Å². The summed E-state index contributed by atoms with van der Waals surface area (Å²) in [5.74, 6) is 0.663. The molecule has 3 rings (SSSR count). The number of piperazine rings is 1. The van der Waals surface area contributed by atoms with Crippen molar-refractivity contribution in [2.45, 2.75) is 19.9 Å². The van der Waals surface area contributed by atoms with Crippen LogP contribution in [0.1, 0.15) is 25.5 Å². The van der Waals surface area contributed by atoms with Gasteiger partial charge in [0.15, 0.2) is 11.1 Å². The van der Waals surface area contributed by atoms with Gasteiger partial charge in [0.2, 0.25) is 0 Å². The number of likely N-dealkylation sites (N-methyl/N-ethyl adjacent to an activating group) is 1. The lowest BCUT2D eigenvalue weighted by Crippen LogP contribution is -2.51. The van der Waals surface area contributed by atoms with E-state index in [1.165, 1.54) is 5.56 Å². The highest BCUT2D eigenvalue weighted by Crippen LogP contribution is 2.23. The van der Waals surface area contributed by atoms with Crippen molar-refractivity contribution in [1.29, 1.82) is 0 Å². The van der Waals surface area contributed by atoms with E-state index in [1.807, 2.05) is 11.6 Å². The van der Waals surface area contributed by atoms with Gasteiger partial charge >= 0.3 is 0 Å². The van der Waals surface area contributed by atoms with Crippen LogP contribution >= 0.6 is 46.7 Å². The first kappa shape index (κ1) is 22.4. The molecule has 9 heteroatoms. The molecule has 27 heavy (non-hydrogen) atoms. The molecule has 0 saturated carbocycles. The number of rotatable bonds is 7. The maximum Gasteiger partial charge on any atom is 0.191 e. The molecule has 2 aromatic rings. The Bertz CT molecular complexity index is 664. The van der Waals surface area contributed by atoms with Crippen LogP contribution in [-0.2, 0) is 0 Å². The predicted molar refractivity (Wildman–Crippen MR) is 128 cm³/mol. The largest absolute Gasteiger partial charge is 0.370 e. The molecule has 0 amide bonds. The van der Waals surface area contributed by atoms with Gasteiger partial charge in [0, 0.05) is 37.8 Å². The second-order valence-electron chi connectivity index (χ2n) is 6.28. The van der Waals surface area contributed by atoms with E-state index in [0.29, 0.717) is 18.5 Å². The number of nitrogens with zero attached hydrogens (tertiary/aromatic N) is 5. The SMILES string of the molecule is CCN(CC)C(CN=C(N)N1CCN(c2nccs2)CC1)c1ccsc1.I. The first-order valence-corrected chi connectivity index (χ1v) is 11.0. The number of thiazole rings is 1. The Morgan fingerprint density at radius 2 is 2.00 bits per heavy atom. The Morgan fingerprint density at radius 1 is 1.26 bits per heavy atom. The van der Waals surface area contributed by atoms with Crippen LogP contribution in [0.2, 0.25) is 0 Å². The van der Waals surface area contributed by atoms with E-state index < -0.39 is 0 Å². The Balaban J connectivity index is 0.00000261. The Kier molecular flexibility index (Phi) is 9.27. The molecule has 0 radical (unpaired) electrons. The summed E-state index contributed by atoms with van der Waals surface area (Å²) in [6.07, 6.45) is 1.86. The lowest BCUT2D eigenvalue weighted by molar-refractivity contribution is 0.224. The van der Waals surface area contributed by atoms with Crippen LogP contribution < -0.4 is 10.6 Å². The summed E-state index contributed by atoms with van der Waals surface area (Å²) in [4.78, 5) is 16.1. The average molecular weight is 521 g/mol. The van der Waals surface area contributed by atoms with E-state index in [2.05, 4.69) is 50.4 Å². The van der Waals surface area contributed by atoms with Gasteiger partial charge in [0.1, 0.15) is 0 Å². The monoisotopic (exact) mass is 520 g/mol. The van der Waals surface area contributed by atoms with Crippen molar-refractivity contribution in [3.8, 4) is 0 Å². The van der Waals surface area contributed by atoms with Gasteiger partial charge in [-0.25, -0.2) is 4.98 Å². The molecule has 150 valence electrons. The predicted octanol–water partition coefficient (Wildman–Crippen LogP) is 3.34. The number of hydrogen-bond acceptors (Lipinski definition) is 6. The molecule has 0 aromatic carbocycles. The number of halogens is 1. The third-order valence-corrected chi connectivity index (χ3v) is 6.43. The molecule has 1 aliphatic rings. The molecule has 1 aliphatic heterocycles. The highest BCUT2D eigenvalue weighted by atomic mass is 127. The molecule has 0 spiro atoms. The number of hydrogen-bond donors (Lipinski definition) is 1. The van der Waals surface area contributed by atoms with Crippen molar-refractivity contribution < 1.29 is 0 Å². The van der Waals surface area contributed by atoms with Crippen molar-refractivity contribution in [3.05, 3.63) is 34.0 Å². The summed E-state index contributed by atoms with van der Waals surface area (Å²) in [7, 11) is 0. The average Bonchev–Trinajstić information content (AvgIpc) is 3.39. The third kappa shape index (κ3) is 5.78. The smallest absolute Gasteiger partial charge is 0.191 e. The van der Waals surface area contributed by atoms with Gasteiger partial charge in [0.05, 0.1) is 12.6 Å². The van der Waals surface area contributed by atoms with Gasteiger partial charge in [-0.1, -0.05) is 13.8 Å². The summed E-state index contributed by atoms with van der Waals surface area (Å²) >= 11 is 3.43. The highest BCUT2D eigenvalue weighted by molar-refractivity contribution is 14.0. The van der Waals surface area contributed by atoms with E-state index in [0.717, 1.165) is 44.4 Å². The van der Waals surface area contributed by atoms with Crippen LogP contribution in [0.25, 0.3) is 0 Å². The summed E-state index contributed by atoms with van der Waals surface area (Å²) in [6, 6.07) is 2.50. The van der Waals surface area contributed by atoms with Crippen LogP contribution in [0, 0.1) is 0 Å². The number of nitrogens with two attached hydrogens (primary N) is 1. The zero-order valence-corrected chi connectivity index (χ0v) is 19.9. The van der Waals surface area contributed by atoms with Gasteiger partial charge in [-0.15, -0.1) is 35.3 Å². The molecule has 3 heterocycles. The Labute approximate surface area is 187 Å². The van der Waals surface area contributed by atoms with Crippen LogP contribution in [-0.4, -0.2) is 66.6 Å². The minimum Gasteiger partial charge on any atom is -0.370 e. The Morgan fingerprint density at radius 3 is 2.56 bits per heavy atom. The molecule has 1 saturated heterocycles. The number of guanidine groups is 1. The molecular formula is C18H29IN6S2. The van der Waals surface area contributed by atoms with Crippen molar-refractivity contribution in [2.75, 3.05) is 50.7 Å². The lowest BCUT2D eigenvalue weighted by atomic mass is 10.1. The second kappa shape index (κ2) is 11.2. The lowest BCUT2D eigenvalue weighted by Gasteiger charge is -2.35. The molecule has 0 bridgehead atoms.